The van der Waals surface area contributed by atoms with Crippen LogP contribution in [0.15, 0.2) is 40.3 Å². The van der Waals surface area contributed by atoms with Gasteiger partial charge in [-0.2, -0.15) is 0 Å². The Morgan fingerprint density at radius 3 is 2.82 bits per heavy atom. The first kappa shape index (κ1) is 22.2. The lowest BCUT2D eigenvalue weighted by Crippen LogP contribution is -2.44. The second kappa shape index (κ2) is 9.37. The van der Waals surface area contributed by atoms with Crippen LogP contribution in [0.3, 0.4) is 0 Å². The molecular formula is C24H26ClN7OS. The molecule has 0 bridgehead atoms. The molecule has 2 fully saturated rings. The molecule has 8 nitrogen and oxygen atoms in total. The molecule has 3 aromatic rings. The molecule has 2 saturated heterocycles. The monoisotopic (exact) mass is 495 g/mol. The van der Waals surface area contributed by atoms with Crippen LogP contribution in [-0.4, -0.2) is 75.3 Å². The van der Waals surface area contributed by atoms with E-state index in [1.54, 1.807) is 12.4 Å². The van der Waals surface area contributed by atoms with Gasteiger partial charge in [-0.25, -0.2) is 19.9 Å². The highest BCUT2D eigenvalue weighted by Crippen LogP contribution is 2.43. The highest BCUT2D eigenvalue weighted by molar-refractivity contribution is 7.99. The van der Waals surface area contributed by atoms with Gasteiger partial charge in [0.25, 0.3) is 0 Å². The maximum absolute atomic E-state index is 6.87. The van der Waals surface area contributed by atoms with Crippen molar-refractivity contribution in [3.8, 4) is 0 Å². The van der Waals surface area contributed by atoms with Crippen molar-refractivity contribution in [3.05, 3.63) is 41.5 Å². The number of anilines is 1. The molecule has 176 valence electrons. The van der Waals surface area contributed by atoms with E-state index in [9.17, 15) is 0 Å². The van der Waals surface area contributed by atoms with Gasteiger partial charge in [-0.15, -0.1) is 0 Å². The molecule has 0 saturated carbocycles. The first-order valence-electron chi connectivity index (χ1n) is 11.8. The zero-order valence-electron chi connectivity index (χ0n) is 19.1. The number of pyridine rings is 1. The van der Waals surface area contributed by atoms with E-state index in [4.69, 9.17) is 26.3 Å². The fraction of sp³-hybridized carbons (Fsp3) is 0.458. The molecule has 6 rings (SSSR count). The van der Waals surface area contributed by atoms with Crippen LogP contribution < -0.4 is 4.90 Å². The predicted octanol–water partition coefficient (Wildman–Crippen LogP) is 3.79. The number of halogens is 1. The van der Waals surface area contributed by atoms with Gasteiger partial charge in [0.2, 0.25) is 0 Å². The third kappa shape index (κ3) is 4.15. The van der Waals surface area contributed by atoms with Gasteiger partial charge < -0.3 is 9.64 Å². The van der Waals surface area contributed by atoms with E-state index < -0.39 is 0 Å². The summed E-state index contributed by atoms with van der Waals surface area (Å²) in [6.45, 7) is 7.71. The number of hydrogen-bond donors (Lipinski definition) is 0. The summed E-state index contributed by atoms with van der Waals surface area (Å²) in [6.07, 6.45) is 7.97. The largest absolute Gasteiger partial charge is 0.379 e. The van der Waals surface area contributed by atoms with E-state index in [1.807, 2.05) is 12.3 Å². The van der Waals surface area contributed by atoms with Gasteiger partial charge in [-0.1, -0.05) is 18.5 Å². The predicted molar refractivity (Wildman–Crippen MR) is 133 cm³/mol. The van der Waals surface area contributed by atoms with Gasteiger partial charge in [-0.3, -0.25) is 9.88 Å². The number of nitrogens with zero attached hydrogens (tertiary/aromatic N) is 7. The molecule has 5 heterocycles. The number of hydrogen-bond acceptors (Lipinski definition) is 9. The lowest BCUT2D eigenvalue weighted by atomic mass is 10.2. The average Bonchev–Trinajstić information content (AvgIpc) is 3.49. The van der Waals surface area contributed by atoms with Gasteiger partial charge in [0.05, 0.1) is 29.5 Å². The molecule has 1 atom stereocenters. The molecule has 1 unspecified atom stereocenters. The third-order valence-corrected chi connectivity index (χ3v) is 8.10. The smallest absolute Gasteiger partial charge is 0.194 e. The summed E-state index contributed by atoms with van der Waals surface area (Å²) >= 11 is 8.38. The summed E-state index contributed by atoms with van der Waals surface area (Å²) in [5.41, 5.74) is 4.68. The van der Waals surface area contributed by atoms with Crippen LogP contribution in [0.4, 0.5) is 5.82 Å². The van der Waals surface area contributed by atoms with E-state index in [2.05, 4.69) is 31.7 Å². The van der Waals surface area contributed by atoms with Crippen molar-refractivity contribution < 1.29 is 4.74 Å². The summed E-state index contributed by atoms with van der Waals surface area (Å²) < 4.78 is 5.55. The van der Waals surface area contributed by atoms with Crippen molar-refractivity contribution in [2.45, 2.75) is 42.3 Å². The van der Waals surface area contributed by atoms with Gasteiger partial charge >= 0.3 is 0 Å². The Balaban J connectivity index is 1.32. The highest BCUT2D eigenvalue weighted by atomic mass is 35.5. The SMILES string of the molecule is CCC1=C(Cl)c2c(nc(Sc3cnc4nccnc4c3)nc2N2CCC(N3CCOCC3)C2)C1. The van der Waals surface area contributed by atoms with Crippen LogP contribution >= 0.6 is 23.4 Å². The molecular weight excluding hydrogens is 470 g/mol. The first-order valence-corrected chi connectivity index (χ1v) is 13.0. The Kier molecular flexibility index (Phi) is 6.11. The number of fused-ring (bicyclic) bond motifs is 2. The van der Waals surface area contributed by atoms with E-state index in [-0.39, 0.29) is 0 Å². The Hall–Kier alpha value is -2.33. The fourth-order valence-corrected chi connectivity index (χ4v) is 6.18. The van der Waals surface area contributed by atoms with E-state index in [0.717, 1.165) is 96.3 Å². The van der Waals surface area contributed by atoms with E-state index >= 15 is 0 Å². The van der Waals surface area contributed by atoms with Crippen LogP contribution in [0.2, 0.25) is 0 Å². The zero-order valence-corrected chi connectivity index (χ0v) is 20.6. The van der Waals surface area contributed by atoms with E-state index in [1.165, 1.54) is 17.3 Å². The quantitative estimate of drug-likeness (QED) is 0.491. The summed E-state index contributed by atoms with van der Waals surface area (Å²) in [6, 6.07) is 2.51. The summed E-state index contributed by atoms with van der Waals surface area (Å²) in [4.78, 5) is 29.0. The minimum absolute atomic E-state index is 0.517. The molecule has 0 radical (unpaired) electrons. The van der Waals surface area contributed by atoms with Gasteiger partial charge in [0.1, 0.15) is 11.3 Å². The molecule has 34 heavy (non-hydrogen) atoms. The molecule has 3 aromatic heterocycles. The van der Waals surface area contributed by atoms with Crippen molar-refractivity contribution >= 4 is 45.4 Å². The Bertz CT molecular complexity index is 1260. The summed E-state index contributed by atoms with van der Waals surface area (Å²) in [5.74, 6) is 0.963. The van der Waals surface area contributed by atoms with Crippen LogP contribution in [0.25, 0.3) is 16.2 Å². The van der Waals surface area contributed by atoms with Crippen molar-refractivity contribution in [1.29, 1.82) is 0 Å². The van der Waals surface area contributed by atoms with Crippen LogP contribution in [0.1, 0.15) is 31.0 Å². The summed E-state index contributed by atoms with van der Waals surface area (Å²) in [7, 11) is 0. The number of allylic oxidation sites excluding steroid dienone is 1. The lowest BCUT2D eigenvalue weighted by molar-refractivity contribution is 0.0209. The zero-order chi connectivity index (χ0) is 23.1. The maximum atomic E-state index is 6.87. The highest BCUT2D eigenvalue weighted by Gasteiger charge is 2.34. The molecule has 10 heteroatoms. The van der Waals surface area contributed by atoms with Crippen LogP contribution in [0, 0.1) is 0 Å². The molecule has 3 aliphatic rings. The molecule has 1 aliphatic carbocycles. The Morgan fingerprint density at radius 2 is 1.97 bits per heavy atom. The van der Waals surface area contributed by atoms with Gasteiger partial charge in [-0.05, 0) is 36.2 Å². The third-order valence-electron chi connectivity index (χ3n) is 6.82. The topological polar surface area (TPSA) is 80.2 Å². The van der Waals surface area contributed by atoms with Crippen molar-refractivity contribution in [2.24, 2.45) is 0 Å². The first-order chi connectivity index (χ1) is 16.7. The minimum atomic E-state index is 0.517. The number of rotatable bonds is 5. The average molecular weight is 496 g/mol. The molecule has 0 aromatic carbocycles. The number of morpholine rings is 1. The lowest BCUT2D eigenvalue weighted by Gasteiger charge is -2.32. The van der Waals surface area contributed by atoms with Crippen molar-refractivity contribution in [1.82, 2.24) is 29.8 Å². The Labute approximate surface area is 207 Å². The molecule has 0 N–H and O–H groups in total. The second-order valence-corrected chi connectivity index (χ2v) is 10.2. The molecule has 0 amide bonds. The van der Waals surface area contributed by atoms with Gasteiger partial charge in [0, 0.05) is 62.1 Å². The van der Waals surface area contributed by atoms with Gasteiger partial charge in [0.15, 0.2) is 10.8 Å². The molecule has 0 spiro atoms. The standard InChI is InChI=1S/C24H26ClN7OS/c1-2-15-11-18-20(21(15)25)23(32-6-3-16(14-32)31-7-9-33-10-8-31)30-24(29-18)34-17-12-19-22(28-13-17)27-5-4-26-19/h4-5,12-13,16H,2-3,6-11,14H2,1H3. The minimum Gasteiger partial charge on any atom is -0.379 e. The number of aromatic nitrogens is 5. The van der Waals surface area contributed by atoms with Crippen molar-refractivity contribution in [2.75, 3.05) is 44.3 Å². The van der Waals surface area contributed by atoms with E-state index in [0.29, 0.717) is 11.7 Å². The normalized spacial score (nSPS) is 21.0. The van der Waals surface area contributed by atoms with Crippen LogP contribution in [-0.2, 0) is 11.2 Å². The maximum Gasteiger partial charge on any atom is 0.194 e. The Morgan fingerprint density at radius 1 is 1.12 bits per heavy atom. The molecule has 2 aliphatic heterocycles. The fourth-order valence-electron chi connectivity index (χ4n) is 5.01. The second-order valence-electron chi connectivity index (χ2n) is 8.81. The summed E-state index contributed by atoms with van der Waals surface area (Å²) in [5, 5.41) is 1.55. The number of ether oxygens (including phenoxy) is 1. The van der Waals surface area contributed by atoms with Crippen molar-refractivity contribution in [3.63, 3.8) is 0 Å². The van der Waals surface area contributed by atoms with Crippen LogP contribution in [0.5, 0.6) is 0 Å².